The van der Waals surface area contributed by atoms with E-state index in [0.717, 1.165) is 24.8 Å². The molecule has 3 rings (SSSR count). The summed E-state index contributed by atoms with van der Waals surface area (Å²) in [6.07, 6.45) is 9.26. The Bertz CT molecular complexity index is 764. The third-order valence-electron chi connectivity index (χ3n) is 5.13. The third kappa shape index (κ3) is 4.86. The smallest absolute Gasteiger partial charge is 0.0249 e. The van der Waals surface area contributed by atoms with Crippen LogP contribution in [-0.2, 0) is 12.8 Å². The Morgan fingerprint density at radius 2 is 1.60 bits per heavy atom. The Labute approximate surface area is 153 Å². The quantitative estimate of drug-likeness (QED) is 0.566. The van der Waals surface area contributed by atoms with Crippen molar-refractivity contribution >= 4 is 0 Å². The third-order valence-corrected chi connectivity index (χ3v) is 5.13. The van der Waals surface area contributed by atoms with Crippen molar-refractivity contribution in [2.45, 2.75) is 58.3 Å². The Kier molecular flexibility index (Phi) is 6.13. The van der Waals surface area contributed by atoms with Gasteiger partial charge in [-0.05, 0) is 72.4 Å². The maximum atomic E-state index is 3.38. The first-order valence-electron chi connectivity index (χ1n) is 9.67. The van der Waals surface area contributed by atoms with Crippen molar-refractivity contribution in [2.24, 2.45) is 0 Å². The second-order valence-corrected chi connectivity index (χ2v) is 6.99. The minimum absolute atomic E-state index is 0.657. The zero-order valence-corrected chi connectivity index (χ0v) is 15.5. The van der Waals surface area contributed by atoms with Gasteiger partial charge in [-0.1, -0.05) is 74.6 Å². The molecule has 0 heteroatoms. The van der Waals surface area contributed by atoms with E-state index in [1.807, 2.05) is 0 Å². The first-order valence-corrected chi connectivity index (χ1v) is 9.67. The predicted octanol–water partition coefficient (Wildman–Crippen LogP) is 6.45. The first-order chi connectivity index (χ1) is 12.3. The van der Waals surface area contributed by atoms with Crippen molar-refractivity contribution in [3.05, 3.63) is 82.4 Å². The van der Waals surface area contributed by atoms with E-state index in [1.165, 1.54) is 41.5 Å². The first kappa shape index (κ1) is 17.6. The SMILES string of the molecule is CCCc1ccc(C2CC=C(C#Cc3ccc(CC)cc3)CC2)cc1. The molecule has 1 unspecified atom stereocenters. The molecule has 128 valence electrons. The number of rotatable bonds is 4. The highest BCUT2D eigenvalue weighted by Crippen LogP contribution is 2.32. The van der Waals surface area contributed by atoms with Crippen molar-refractivity contribution in [3.8, 4) is 11.8 Å². The summed E-state index contributed by atoms with van der Waals surface area (Å²) in [4.78, 5) is 0. The van der Waals surface area contributed by atoms with Crippen LogP contribution in [0.2, 0.25) is 0 Å². The lowest BCUT2D eigenvalue weighted by molar-refractivity contribution is 0.607. The molecule has 0 aromatic heterocycles. The van der Waals surface area contributed by atoms with Crippen LogP contribution in [-0.4, -0.2) is 0 Å². The Morgan fingerprint density at radius 1 is 0.880 bits per heavy atom. The molecule has 2 aromatic carbocycles. The fourth-order valence-electron chi connectivity index (χ4n) is 3.47. The summed E-state index contributed by atoms with van der Waals surface area (Å²) in [6.45, 7) is 4.42. The van der Waals surface area contributed by atoms with Crippen LogP contribution in [0.1, 0.15) is 67.7 Å². The van der Waals surface area contributed by atoms with Crippen LogP contribution < -0.4 is 0 Å². The van der Waals surface area contributed by atoms with E-state index >= 15 is 0 Å². The average molecular weight is 328 g/mol. The van der Waals surface area contributed by atoms with Crippen molar-refractivity contribution in [1.29, 1.82) is 0 Å². The predicted molar refractivity (Wildman–Crippen MR) is 108 cm³/mol. The van der Waals surface area contributed by atoms with Crippen LogP contribution in [0.15, 0.2) is 60.2 Å². The maximum Gasteiger partial charge on any atom is 0.0249 e. The lowest BCUT2D eigenvalue weighted by Gasteiger charge is -2.20. The summed E-state index contributed by atoms with van der Waals surface area (Å²) >= 11 is 0. The molecule has 0 aliphatic heterocycles. The molecule has 0 nitrogen and oxygen atoms in total. The lowest BCUT2D eigenvalue weighted by atomic mass is 9.84. The molecule has 0 saturated carbocycles. The summed E-state index contributed by atoms with van der Waals surface area (Å²) in [5.74, 6) is 7.37. The molecule has 0 saturated heterocycles. The minimum Gasteiger partial charge on any atom is -0.0723 e. The molecule has 1 aliphatic rings. The van der Waals surface area contributed by atoms with Gasteiger partial charge in [-0.2, -0.15) is 0 Å². The number of hydrogen-bond acceptors (Lipinski definition) is 0. The highest BCUT2D eigenvalue weighted by Gasteiger charge is 2.15. The van der Waals surface area contributed by atoms with E-state index in [2.05, 4.69) is 80.3 Å². The number of aryl methyl sites for hydroxylation is 2. The molecule has 0 radical (unpaired) electrons. The van der Waals surface area contributed by atoms with Gasteiger partial charge in [0.1, 0.15) is 0 Å². The van der Waals surface area contributed by atoms with Gasteiger partial charge in [0.2, 0.25) is 0 Å². The van der Waals surface area contributed by atoms with Crippen LogP contribution in [0.3, 0.4) is 0 Å². The molecule has 0 fully saturated rings. The van der Waals surface area contributed by atoms with Gasteiger partial charge in [0, 0.05) is 5.56 Å². The van der Waals surface area contributed by atoms with Gasteiger partial charge in [0.15, 0.2) is 0 Å². The van der Waals surface area contributed by atoms with E-state index in [-0.39, 0.29) is 0 Å². The second-order valence-electron chi connectivity index (χ2n) is 6.99. The van der Waals surface area contributed by atoms with Gasteiger partial charge in [-0.15, -0.1) is 0 Å². The maximum absolute atomic E-state index is 3.38. The summed E-state index contributed by atoms with van der Waals surface area (Å²) in [5, 5.41) is 0. The molecule has 0 heterocycles. The number of benzene rings is 2. The molecule has 25 heavy (non-hydrogen) atoms. The van der Waals surface area contributed by atoms with Crippen LogP contribution in [0, 0.1) is 11.8 Å². The zero-order valence-electron chi connectivity index (χ0n) is 15.5. The van der Waals surface area contributed by atoms with E-state index in [1.54, 1.807) is 0 Å². The largest absolute Gasteiger partial charge is 0.0723 e. The van der Waals surface area contributed by atoms with Gasteiger partial charge in [0.25, 0.3) is 0 Å². The molecular weight excluding hydrogens is 300 g/mol. The van der Waals surface area contributed by atoms with Gasteiger partial charge in [0.05, 0.1) is 0 Å². The van der Waals surface area contributed by atoms with Crippen molar-refractivity contribution in [3.63, 3.8) is 0 Å². The van der Waals surface area contributed by atoms with E-state index < -0.39 is 0 Å². The molecule has 0 spiro atoms. The molecule has 0 bridgehead atoms. The monoisotopic (exact) mass is 328 g/mol. The van der Waals surface area contributed by atoms with Crippen molar-refractivity contribution < 1.29 is 0 Å². The fourth-order valence-corrected chi connectivity index (χ4v) is 3.47. The minimum atomic E-state index is 0.657. The van der Waals surface area contributed by atoms with Crippen LogP contribution in [0.5, 0.6) is 0 Å². The summed E-state index contributed by atoms with van der Waals surface area (Å²) < 4.78 is 0. The standard InChI is InChI=1S/C25H28/c1-3-5-21-12-16-24(17-13-21)25-18-14-23(15-19-25)11-10-22-8-6-20(4-2)7-9-22/h6-9,12-14,16-17,25H,3-5,15,18-19H2,1-2H3. The van der Waals surface area contributed by atoms with Crippen LogP contribution >= 0.6 is 0 Å². The summed E-state index contributed by atoms with van der Waals surface area (Å²) in [5.41, 5.74) is 6.73. The van der Waals surface area contributed by atoms with E-state index in [9.17, 15) is 0 Å². The van der Waals surface area contributed by atoms with Crippen molar-refractivity contribution in [1.82, 2.24) is 0 Å². The Balaban J connectivity index is 1.61. The molecule has 1 atom stereocenters. The van der Waals surface area contributed by atoms with Gasteiger partial charge in [-0.25, -0.2) is 0 Å². The van der Waals surface area contributed by atoms with Gasteiger partial charge in [-0.3, -0.25) is 0 Å². The number of allylic oxidation sites excluding steroid dienone is 2. The Morgan fingerprint density at radius 3 is 2.20 bits per heavy atom. The summed E-state index contributed by atoms with van der Waals surface area (Å²) in [7, 11) is 0. The Hall–Kier alpha value is -2.26. The fraction of sp³-hybridized carbons (Fsp3) is 0.360. The van der Waals surface area contributed by atoms with Crippen LogP contribution in [0.25, 0.3) is 0 Å². The van der Waals surface area contributed by atoms with Gasteiger partial charge < -0.3 is 0 Å². The lowest BCUT2D eigenvalue weighted by Crippen LogP contribution is -2.04. The zero-order chi connectivity index (χ0) is 17.5. The topological polar surface area (TPSA) is 0 Å². The van der Waals surface area contributed by atoms with E-state index in [0.29, 0.717) is 5.92 Å². The summed E-state index contributed by atoms with van der Waals surface area (Å²) in [6, 6.07) is 17.9. The normalized spacial score (nSPS) is 16.7. The van der Waals surface area contributed by atoms with Crippen molar-refractivity contribution in [2.75, 3.05) is 0 Å². The average Bonchev–Trinajstić information content (AvgIpc) is 2.68. The van der Waals surface area contributed by atoms with Gasteiger partial charge >= 0.3 is 0 Å². The van der Waals surface area contributed by atoms with E-state index in [4.69, 9.17) is 0 Å². The highest BCUT2D eigenvalue weighted by atomic mass is 14.2. The molecule has 0 N–H and O–H groups in total. The highest BCUT2D eigenvalue weighted by molar-refractivity contribution is 5.42. The second kappa shape index (κ2) is 8.72. The molecule has 0 amide bonds. The van der Waals surface area contributed by atoms with Crippen LogP contribution in [0.4, 0.5) is 0 Å². The molecule has 1 aliphatic carbocycles. The number of hydrogen-bond donors (Lipinski definition) is 0. The molecular formula is C25H28. The molecule has 2 aromatic rings.